The van der Waals surface area contributed by atoms with Gasteiger partial charge in [-0.15, -0.1) is 0 Å². The molecular formula is C13H14F3NO2. The lowest BCUT2D eigenvalue weighted by atomic mass is 10.1. The molecule has 6 heteroatoms. The predicted molar refractivity (Wildman–Crippen MR) is 64.0 cm³/mol. The van der Waals surface area contributed by atoms with Gasteiger partial charge >= 0.3 is 6.18 Å². The molecular weight excluding hydrogens is 259 g/mol. The quantitative estimate of drug-likeness (QED) is 0.917. The number of aliphatic hydroxyl groups excluding tert-OH is 1. The van der Waals surface area contributed by atoms with Crippen molar-refractivity contribution in [1.29, 1.82) is 0 Å². The summed E-state index contributed by atoms with van der Waals surface area (Å²) in [6.45, 7) is 1.43. The molecule has 19 heavy (non-hydrogen) atoms. The van der Waals surface area contributed by atoms with E-state index in [4.69, 9.17) is 9.84 Å². The van der Waals surface area contributed by atoms with Gasteiger partial charge in [0.05, 0.1) is 18.7 Å². The number of halogens is 3. The molecule has 0 saturated heterocycles. The van der Waals surface area contributed by atoms with Crippen LogP contribution in [0.1, 0.15) is 11.1 Å². The minimum absolute atomic E-state index is 0.00757. The van der Waals surface area contributed by atoms with Gasteiger partial charge in [0.25, 0.3) is 0 Å². The Bertz CT molecular complexity index is 471. The van der Waals surface area contributed by atoms with Crippen molar-refractivity contribution in [2.75, 3.05) is 26.3 Å². The van der Waals surface area contributed by atoms with Gasteiger partial charge in [-0.05, 0) is 12.1 Å². The highest BCUT2D eigenvalue weighted by atomic mass is 19.4. The van der Waals surface area contributed by atoms with Crippen LogP contribution in [0.3, 0.4) is 0 Å². The molecule has 0 bridgehead atoms. The van der Waals surface area contributed by atoms with Crippen LogP contribution in [0.15, 0.2) is 30.5 Å². The molecule has 0 fully saturated rings. The lowest BCUT2D eigenvalue weighted by molar-refractivity contribution is -0.137. The first kappa shape index (κ1) is 13.7. The summed E-state index contributed by atoms with van der Waals surface area (Å²) in [5, 5.41) is 8.87. The molecule has 3 nitrogen and oxygen atoms in total. The standard InChI is InChI=1S/C13H14F3NO2/c14-13(15,16)11-3-1-2-10(8-11)12-9-17(4-6-18)5-7-19-12/h1-3,8-9,18H,4-7H2. The van der Waals surface area contributed by atoms with Crippen molar-refractivity contribution in [3.63, 3.8) is 0 Å². The highest BCUT2D eigenvalue weighted by molar-refractivity contribution is 5.60. The second-order valence-electron chi connectivity index (χ2n) is 4.18. The van der Waals surface area contributed by atoms with Crippen LogP contribution in [0.5, 0.6) is 0 Å². The topological polar surface area (TPSA) is 32.7 Å². The van der Waals surface area contributed by atoms with E-state index in [-0.39, 0.29) is 6.61 Å². The van der Waals surface area contributed by atoms with E-state index in [9.17, 15) is 13.2 Å². The van der Waals surface area contributed by atoms with Crippen molar-refractivity contribution in [1.82, 2.24) is 4.90 Å². The molecule has 0 radical (unpaired) electrons. The Morgan fingerprint density at radius 1 is 1.32 bits per heavy atom. The molecule has 0 unspecified atom stereocenters. The first-order valence-corrected chi connectivity index (χ1v) is 5.88. The van der Waals surface area contributed by atoms with Crippen LogP contribution in [0.2, 0.25) is 0 Å². The number of rotatable bonds is 3. The zero-order valence-corrected chi connectivity index (χ0v) is 10.2. The Balaban J connectivity index is 2.26. The SMILES string of the molecule is OCCN1C=C(c2cccc(C(F)(F)F)c2)OCC1. The number of benzene rings is 1. The molecule has 1 aliphatic heterocycles. The monoisotopic (exact) mass is 273 g/mol. The Morgan fingerprint density at radius 2 is 2.11 bits per heavy atom. The normalized spacial score (nSPS) is 16.0. The summed E-state index contributed by atoms with van der Waals surface area (Å²) in [6, 6.07) is 5.02. The van der Waals surface area contributed by atoms with Gasteiger partial charge in [-0.1, -0.05) is 12.1 Å². The van der Waals surface area contributed by atoms with Gasteiger partial charge in [-0.3, -0.25) is 0 Å². The van der Waals surface area contributed by atoms with Crippen LogP contribution in [0, 0.1) is 0 Å². The minimum Gasteiger partial charge on any atom is -0.490 e. The fourth-order valence-electron chi connectivity index (χ4n) is 1.85. The van der Waals surface area contributed by atoms with Crippen molar-refractivity contribution >= 4 is 5.76 Å². The van der Waals surface area contributed by atoms with E-state index in [1.54, 1.807) is 12.3 Å². The molecule has 1 aromatic rings. The maximum absolute atomic E-state index is 12.6. The molecule has 1 N–H and O–H groups in total. The Morgan fingerprint density at radius 3 is 2.79 bits per heavy atom. The zero-order chi connectivity index (χ0) is 13.9. The first-order chi connectivity index (χ1) is 9.00. The van der Waals surface area contributed by atoms with Gasteiger partial charge in [0.2, 0.25) is 0 Å². The number of β-amino-alcohol motifs (C(OH)–C–C–N with tert-alkyl or cyclic N) is 1. The van der Waals surface area contributed by atoms with Crippen molar-refractivity contribution in [2.45, 2.75) is 6.18 Å². The van der Waals surface area contributed by atoms with E-state index in [2.05, 4.69) is 0 Å². The predicted octanol–water partition coefficient (Wildman–Crippen LogP) is 2.33. The second kappa shape index (κ2) is 5.52. The summed E-state index contributed by atoms with van der Waals surface area (Å²) in [5.41, 5.74) is -0.314. The van der Waals surface area contributed by atoms with Gasteiger partial charge in [-0.2, -0.15) is 13.2 Å². The summed E-state index contributed by atoms with van der Waals surface area (Å²) < 4.78 is 43.3. The Kier molecular flexibility index (Phi) is 3.99. The molecule has 104 valence electrons. The van der Waals surface area contributed by atoms with Gasteiger partial charge in [0.1, 0.15) is 12.4 Å². The van der Waals surface area contributed by atoms with Crippen LogP contribution in [0.25, 0.3) is 5.76 Å². The smallest absolute Gasteiger partial charge is 0.416 e. The lowest BCUT2D eigenvalue weighted by Gasteiger charge is -2.26. The summed E-state index contributed by atoms with van der Waals surface area (Å²) in [4.78, 5) is 1.82. The summed E-state index contributed by atoms with van der Waals surface area (Å²) in [6.07, 6.45) is -2.73. The molecule has 0 amide bonds. The number of hydrogen-bond acceptors (Lipinski definition) is 3. The summed E-state index contributed by atoms with van der Waals surface area (Å²) in [7, 11) is 0. The molecule has 2 rings (SSSR count). The molecule has 0 aromatic heterocycles. The van der Waals surface area contributed by atoms with Gasteiger partial charge in [0.15, 0.2) is 0 Å². The average molecular weight is 273 g/mol. The van der Waals surface area contributed by atoms with Crippen LogP contribution in [-0.4, -0.2) is 36.3 Å². The lowest BCUT2D eigenvalue weighted by Crippen LogP contribution is -2.29. The fourth-order valence-corrected chi connectivity index (χ4v) is 1.85. The van der Waals surface area contributed by atoms with Crippen molar-refractivity contribution in [3.8, 4) is 0 Å². The number of hydrogen-bond donors (Lipinski definition) is 1. The largest absolute Gasteiger partial charge is 0.490 e. The third-order valence-corrected chi connectivity index (χ3v) is 2.80. The zero-order valence-electron chi connectivity index (χ0n) is 10.2. The first-order valence-electron chi connectivity index (χ1n) is 5.88. The van der Waals surface area contributed by atoms with E-state index >= 15 is 0 Å². The van der Waals surface area contributed by atoms with Gasteiger partial charge < -0.3 is 14.7 Å². The number of alkyl halides is 3. The molecule has 1 aliphatic rings. The van der Waals surface area contributed by atoms with Crippen molar-refractivity contribution in [3.05, 3.63) is 41.6 Å². The number of aliphatic hydroxyl groups is 1. The molecule has 1 aromatic carbocycles. The molecule has 0 atom stereocenters. The maximum atomic E-state index is 12.6. The maximum Gasteiger partial charge on any atom is 0.416 e. The third-order valence-electron chi connectivity index (χ3n) is 2.80. The fraction of sp³-hybridized carbons (Fsp3) is 0.385. The molecule has 0 saturated carbocycles. The Labute approximate surface area is 108 Å². The van der Waals surface area contributed by atoms with E-state index in [0.29, 0.717) is 31.0 Å². The summed E-state index contributed by atoms with van der Waals surface area (Å²) >= 11 is 0. The Hall–Kier alpha value is -1.69. The summed E-state index contributed by atoms with van der Waals surface area (Å²) in [5.74, 6) is 0.394. The number of nitrogens with zero attached hydrogens (tertiary/aromatic N) is 1. The minimum atomic E-state index is -4.37. The van der Waals surface area contributed by atoms with Crippen molar-refractivity contribution < 1.29 is 23.0 Å². The third kappa shape index (κ3) is 3.41. The van der Waals surface area contributed by atoms with E-state index in [0.717, 1.165) is 12.1 Å². The van der Waals surface area contributed by atoms with Gasteiger partial charge in [-0.25, -0.2) is 0 Å². The average Bonchev–Trinajstić information content (AvgIpc) is 2.39. The van der Waals surface area contributed by atoms with Crippen molar-refractivity contribution in [2.24, 2.45) is 0 Å². The van der Waals surface area contributed by atoms with E-state index in [1.165, 1.54) is 6.07 Å². The highest BCUT2D eigenvalue weighted by Crippen LogP contribution is 2.31. The molecule has 0 aliphatic carbocycles. The van der Waals surface area contributed by atoms with Gasteiger partial charge in [0, 0.05) is 18.3 Å². The van der Waals surface area contributed by atoms with Crippen LogP contribution in [0.4, 0.5) is 13.2 Å². The van der Waals surface area contributed by atoms with Crippen LogP contribution >= 0.6 is 0 Å². The highest BCUT2D eigenvalue weighted by Gasteiger charge is 2.30. The molecule has 0 spiro atoms. The van der Waals surface area contributed by atoms with E-state index < -0.39 is 11.7 Å². The van der Waals surface area contributed by atoms with Crippen LogP contribution in [-0.2, 0) is 10.9 Å². The number of ether oxygens (including phenoxy) is 1. The van der Waals surface area contributed by atoms with Crippen LogP contribution < -0.4 is 0 Å². The van der Waals surface area contributed by atoms with E-state index in [1.807, 2.05) is 4.90 Å². The molecule has 1 heterocycles. The second-order valence-corrected chi connectivity index (χ2v) is 4.18.